The van der Waals surface area contributed by atoms with Gasteiger partial charge in [-0.1, -0.05) is 23.9 Å². The summed E-state index contributed by atoms with van der Waals surface area (Å²) in [5, 5.41) is 11.8. The Balaban J connectivity index is 1.69. The van der Waals surface area contributed by atoms with Crippen LogP contribution in [0.5, 0.6) is 5.75 Å². The standard InChI is InChI=1S/C25H28N4O6S/c1-6-29-22(16(3)35-20-9-7-8-15(2)10-20)27-28-25(29)36-14-21(30)26-19-12-17(23(31)33-4)11-18(13-19)24(32)34-5/h7-13,16H,6,14H2,1-5H3,(H,26,30). The molecule has 1 unspecified atom stereocenters. The highest BCUT2D eigenvalue weighted by Crippen LogP contribution is 2.25. The molecule has 1 N–H and O–H groups in total. The summed E-state index contributed by atoms with van der Waals surface area (Å²) < 4.78 is 17.4. The molecule has 0 aliphatic rings. The number of aromatic nitrogens is 3. The summed E-state index contributed by atoms with van der Waals surface area (Å²) >= 11 is 1.21. The van der Waals surface area contributed by atoms with Gasteiger partial charge in [0, 0.05) is 12.2 Å². The number of esters is 2. The van der Waals surface area contributed by atoms with Crippen LogP contribution in [0.4, 0.5) is 5.69 Å². The average molecular weight is 513 g/mol. The van der Waals surface area contributed by atoms with Gasteiger partial charge in [0.05, 0.1) is 31.1 Å². The Morgan fingerprint density at radius 3 is 2.28 bits per heavy atom. The molecule has 3 aromatic rings. The predicted molar refractivity (Wildman–Crippen MR) is 134 cm³/mol. The van der Waals surface area contributed by atoms with Gasteiger partial charge < -0.3 is 24.1 Å². The molecule has 0 aliphatic heterocycles. The molecule has 2 aromatic carbocycles. The van der Waals surface area contributed by atoms with E-state index in [2.05, 4.69) is 15.5 Å². The number of carbonyl (C=O) groups is 3. The lowest BCUT2D eigenvalue weighted by molar-refractivity contribution is -0.113. The molecule has 0 spiro atoms. The number of hydrogen-bond acceptors (Lipinski definition) is 9. The molecule has 0 bridgehead atoms. The minimum Gasteiger partial charge on any atom is -0.483 e. The summed E-state index contributed by atoms with van der Waals surface area (Å²) in [6.07, 6.45) is -0.347. The van der Waals surface area contributed by atoms with Gasteiger partial charge in [0.15, 0.2) is 17.1 Å². The summed E-state index contributed by atoms with van der Waals surface area (Å²) in [6.45, 7) is 6.45. The zero-order valence-electron chi connectivity index (χ0n) is 20.7. The Labute approximate surface area is 213 Å². The summed E-state index contributed by atoms with van der Waals surface area (Å²) in [6, 6.07) is 12.0. The summed E-state index contributed by atoms with van der Waals surface area (Å²) in [4.78, 5) is 36.6. The maximum atomic E-state index is 12.7. The Bertz CT molecular complexity index is 1220. The SMILES string of the molecule is CCn1c(SCC(=O)Nc2cc(C(=O)OC)cc(C(=O)OC)c2)nnc1C(C)Oc1cccc(C)c1. The quantitative estimate of drug-likeness (QED) is 0.317. The van der Waals surface area contributed by atoms with Crippen molar-refractivity contribution >= 4 is 35.3 Å². The van der Waals surface area contributed by atoms with Crippen molar-refractivity contribution in [2.24, 2.45) is 0 Å². The van der Waals surface area contributed by atoms with Crippen molar-refractivity contribution in [2.75, 3.05) is 25.3 Å². The van der Waals surface area contributed by atoms with Gasteiger partial charge in [-0.25, -0.2) is 9.59 Å². The van der Waals surface area contributed by atoms with Crippen molar-refractivity contribution < 1.29 is 28.6 Å². The van der Waals surface area contributed by atoms with Crippen molar-refractivity contribution in [3.63, 3.8) is 0 Å². The predicted octanol–water partition coefficient (Wildman–Crippen LogP) is 4.05. The van der Waals surface area contributed by atoms with Crippen LogP contribution in [-0.4, -0.2) is 52.6 Å². The second kappa shape index (κ2) is 12.2. The van der Waals surface area contributed by atoms with Gasteiger partial charge in [0.25, 0.3) is 0 Å². The molecular formula is C25H28N4O6S. The highest BCUT2D eigenvalue weighted by Gasteiger charge is 2.20. The number of hydrogen-bond donors (Lipinski definition) is 1. The van der Waals surface area contributed by atoms with Crippen LogP contribution in [0, 0.1) is 6.92 Å². The fourth-order valence-electron chi connectivity index (χ4n) is 3.45. The molecule has 11 heteroatoms. The fourth-order valence-corrected chi connectivity index (χ4v) is 4.26. The number of nitrogens with one attached hydrogen (secondary N) is 1. The van der Waals surface area contributed by atoms with Gasteiger partial charge in [-0.2, -0.15) is 0 Å². The van der Waals surface area contributed by atoms with Gasteiger partial charge in [-0.3, -0.25) is 4.79 Å². The maximum Gasteiger partial charge on any atom is 0.337 e. The van der Waals surface area contributed by atoms with Crippen LogP contribution < -0.4 is 10.1 Å². The Morgan fingerprint density at radius 2 is 1.69 bits per heavy atom. The first kappa shape index (κ1) is 26.7. The van der Waals surface area contributed by atoms with Crippen molar-refractivity contribution in [1.29, 1.82) is 0 Å². The highest BCUT2D eigenvalue weighted by molar-refractivity contribution is 7.99. The molecule has 1 amide bonds. The third-order valence-corrected chi connectivity index (χ3v) is 6.09. The lowest BCUT2D eigenvalue weighted by Crippen LogP contribution is -2.17. The first-order chi connectivity index (χ1) is 17.2. The number of benzene rings is 2. The van der Waals surface area contributed by atoms with Crippen molar-refractivity contribution in [1.82, 2.24) is 14.8 Å². The normalized spacial score (nSPS) is 11.5. The van der Waals surface area contributed by atoms with Crippen LogP contribution in [0.3, 0.4) is 0 Å². The maximum absolute atomic E-state index is 12.7. The van der Waals surface area contributed by atoms with E-state index < -0.39 is 11.9 Å². The number of anilines is 1. The lowest BCUT2D eigenvalue weighted by Gasteiger charge is -2.16. The van der Waals surface area contributed by atoms with Crippen molar-refractivity contribution in [3.8, 4) is 5.75 Å². The Kier molecular flexibility index (Phi) is 9.07. The molecule has 0 saturated carbocycles. The lowest BCUT2D eigenvalue weighted by atomic mass is 10.1. The van der Waals surface area contributed by atoms with E-state index in [9.17, 15) is 14.4 Å². The van der Waals surface area contributed by atoms with Gasteiger partial charge in [0.2, 0.25) is 5.91 Å². The van der Waals surface area contributed by atoms with Crippen LogP contribution >= 0.6 is 11.8 Å². The molecule has 36 heavy (non-hydrogen) atoms. The van der Waals surface area contributed by atoms with E-state index >= 15 is 0 Å². The molecule has 1 atom stereocenters. The summed E-state index contributed by atoms with van der Waals surface area (Å²) in [5.41, 5.74) is 1.58. The third kappa shape index (κ3) is 6.63. The number of aryl methyl sites for hydroxylation is 1. The zero-order chi connectivity index (χ0) is 26.2. The topological polar surface area (TPSA) is 122 Å². The van der Waals surface area contributed by atoms with E-state index in [4.69, 9.17) is 14.2 Å². The number of thioether (sulfide) groups is 1. The monoisotopic (exact) mass is 512 g/mol. The van der Waals surface area contributed by atoms with E-state index in [0.29, 0.717) is 17.5 Å². The molecule has 0 radical (unpaired) electrons. The molecule has 10 nitrogen and oxygen atoms in total. The van der Waals surface area contributed by atoms with Gasteiger partial charge in [-0.05, 0) is 56.7 Å². The second-order valence-corrected chi connectivity index (χ2v) is 8.72. The van der Waals surface area contributed by atoms with Crippen molar-refractivity contribution in [2.45, 2.75) is 38.6 Å². The van der Waals surface area contributed by atoms with E-state index in [1.165, 1.54) is 44.2 Å². The molecule has 0 saturated heterocycles. The number of nitrogens with zero attached hydrogens (tertiary/aromatic N) is 3. The van der Waals surface area contributed by atoms with Gasteiger partial charge in [0.1, 0.15) is 5.75 Å². The summed E-state index contributed by atoms with van der Waals surface area (Å²) in [5.74, 6) is -0.222. The van der Waals surface area contributed by atoms with E-state index in [0.717, 1.165) is 11.3 Å². The molecular weight excluding hydrogens is 484 g/mol. The third-order valence-electron chi connectivity index (χ3n) is 5.12. The minimum absolute atomic E-state index is 0.0290. The first-order valence-corrected chi connectivity index (χ1v) is 12.1. The molecule has 0 fully saturated rings. The van der Waals surface area contributed by atoms with Crippen LogP contribution in [-0.2, 0) is 20.8 Å². The molecule has 0 aliphatic carbocycles. The first-order valence-electron chi connectivity index (χ1n) is 11.2. The van der Waals surface area contributed by atoms with Crippen molar-refractivity contribution in [3.05, 3.63) is 65.0 Å². The molecule has 190 valence electrons. The van der Waals surface area contributed by atoms with Gasteiger partial charge in [-0.15, -0.1) is 10.2 Å². The van der Waals surface area contributed by atoms with E-state index in [1.54, 1.807) is 0 Å². The number of ether oxygens (including phenoxy) is 3. The number of rotatable bonds is 10. The smallest absolute Gasteiger partial charge is 0.337 e. The van der Waals surface area contributed by atoms with E-state index in [-0.39, 0.29) is 34.6 Å². The Hall–Kier alpha value is -3.86. The molecule has 3 rings (SSSR count). The zero-order valence-corrected chi connectivity index (χ0v) is 21.5. The minimum atomic E-state index is -0.642. The number of carbonyl (C=O) groups excluding carboxylic acids is 3. The fraction of sp³-hybridized carbons (Fsp3) is 0.320. The number of amides is 1. The van der Waals surface area contributed by atoms with Gasteiger partial charge >= 0.3 is 11.9 Å². The second-order valence-electron chi connectivity index (χ2n) is 7.78. The largest absolute Gasteiger partial charge is 0.483 e. The molecule has 1 heterocycles. The van der Waals surface area contributed by atoms with Crippen LogP contribution in [0.2, 0.25) is 0 Å². The van der Waals surface area contributed by atoms with E-state index in [1.807, 2.05) is 49.6 Å². The van der Waals surface area contributed by atoms with Crippen LogP contribution in [0.1, 0.15) is 52.1 Å². The van der Waals surface area contributed by atoms with Crippen LogP contribution in [0.15, 0.2) is 47.6 Å². The highest BCUT2D eigenvalue weighted by atomic mass is 32.2. The number of methoxy groups -OCH3 is 2. The Morgan fingerprint density at radius 1 is 1.03 bits per heavy atom. The average Bonchev–Trinajstić information content (AvgIpc) is 3.29. The summed E-state index contributed by atoms with van der Waals surface area (Å²) in [7, 11) is 2.46. The van der Waals surface area contributed by atoms with Crippen LogP contribution in [0.25, 0.3) is 0 Å². The molecule has 1 aromatic heterocycles.